The van der Waals surface area contributed by atoms with E-state index >= 15 is 0 Å². The average molecular weight is 393 g/mol. The summed E-state index contributed by atoms with van der Waals surface area (Å²) in [5, 5.41) is 12.6. The van der Waals surface area contributed by atoms with E-state index in [0.29, 0.717) is 23.2 Å². The number of hydrogen-bond acceptors (Lipinski definition) is 4. The molecule has 0 aliphatic heterocycles. The second kappa shape index (κ2) is 8.65. The van der Waals surface area contributed by atoms with Crippen LogP contribution < -0.4 is 0 Å². The fourth-order valence-electron chi connectivity index (χ4n) is 6.03. The van der Waals surface area contributed by atoms with Gasteiger partial charge in [0, 0.05) is 11.8 Å². The lowest BCUT2D eigenvalue weighted by atomic mass is 9.61. The minimum absolute atomic E-state index is 0.0867. The van der Waals surface area contributed by atoms with Crippen molar-refractivity contribution in [3.63, 3.8) is 0 Å². The molecule has 0 spiro atoms. The van der Waals surface area contributed by atoms with E-state index < -0.39 is 0 Å². The van der Waals surface area contributed by atoms with Crippen molar-refractivity contribution in [2.24, 2.45) is 23.2 Å². The maximum atomic E-state index is 11.5. The van der Waals surface area contributed by atoms with Crippen molar-refractivity contribution in [3.8, 4) is 0 Å². The van der Waals surface area contributed by atoms with Gasteiger partial charge in [-0.2, -0.15) is 0 Å². The predicted molar refractivity (Wildman–Crippen MR) is 111 cm³/mol. The molecule has 27 heavy (non-hydrogen) atoms. The van der Waals surface area contributed by atoms with Gasteiger partial charge in [0.1, 0.15) is 6.10 Å². The summed E-state index contributed by atoms with van der Waals surface area (Å²) in [4.78, 5) is 12.7. The van der Waals surface area contributed by atoms with Crippen LogP contribution in [0.25, 0.3) is 0 Å². The zero-order chi connectivity index (χ0) is 19.6. The molecule has 3 nitrogen and oxygen atoms in total. The van der Waals surface area contributed by atoms with Gasteiger partial charge in [-0.25, -0.2) is 0 Å². The number of hydrogen-bond donors (Lipinski definition) is 1. The molecule has 2 unspecified atom stereocenters. The van der Waals surface area contributed by atoms with Crippen LogP contribution in [0.15, 0.2) is 11.4 Å². The van der Waals surface area contributed by atoms with Crippen molar-refractivity contribution in [3.05, 3.63) is 21.9 Å². The van der Waals surface area contributed by atoms with Gasteiger partial charge in [0.15, 0.2) is 0 Å². The topological polar surface area (TPSA) is 46.5 Å². The Labute approximate surface area is 168 Å². The number of esters is 1. The molecule has 1 heterocycles. The number of ether oxygens (including phenoxy) is 1. The zero-order valence-corrected chi connectivity index (χ0v) is 18.2. The first-order chi connectivity index (χ1) is 12.8. The number of carbonyl (C=O) groups excluding carboxylic acids is 1. The first kappa shape index (κ1) is 20.9. The minimum atomic E-state index is -0.193. The highest BCUT2D eigenvalue weighted by Crippen LogP contribution is 2.58. The number of fused-ring (bicyclic) bond motifs is 1. The molecular weight excluding hydrogens is 356 g/mol. The lowest BCUT2D eigenvalue weighted by molar-refractivity contribution is -0.147. The number of thiophene rings is 1. The Hall–Kier alpha value is -0.870. The number of rotatable bonds is 7. The maximum Gasteiger partial charge on any atom is 0.303 e. The smallest absolute Gasteiger partial charge is 0.303 e. The van der Waals surface area contributed by atoms with E-state index in [1.54, 1.807) is 11.3 Å². The largest absolute Gasteiger partial charge is 0.457 e. The summed E-state index contributed by atoms with van der Waals surface area (Å²) in [6.45, 7) is 8.42. The van der Waals surface area contributed by atoms with Gasteiger partial charge in [0.25, 0.3) is 0 Å². The summed E-state index contributed by atoms with van der Waals surface area (Å²) in [6.07, 6.45) is 8.85. The molecule has 3 rings (SSSR count). The molecule has 6 atom stereocenters. The van der Waals surface area contributed by atoms with E-state index in [0.717, 1.165) is 19.3 Å². The molecule has 2 saturated carbocycles. The van der Waals surface area contributed by atoms with Gasteiger partial charge in [0.2, 0.25) is 0 Å². The van der Waals surface area contributed by atoms with E-state index in [1.807, 2.05) is 0 Å². The molecule has 0 saturated heterocycles. The van der Waals surface area contributed by atoms with Crippen LogP contribution in [0.3, 0.4) is 0 Å². The average Bonchev–Trinajstić information content (AvgIpc) is 3.17. The number of aryl methyl sites for hydroxylation is 1. The Balaban J connectivity index is 1.56. The normalized spacial score (nSPS) is 32.7. The van der Waals surface area contributed by atoms with Crippen LogP contribution in [-0.4, -0.2) is 17.2 Å². The van der Waals surface area contributed by atoms with Crippen LogP contribution in [-0.2, 0) is 9.53 Å². The summed E-state index contributed by atoms with van der Waals surface area (Å²) < 4.78 is 5.62. The van der Waals surface area contributed by atoms with Gasteiger partial charge >= 0.3 is 5.97 Å². The molecule has 2 fully saturated rings. The standard InChI is InChI=1S/C23H36O3S/c1-15-13-22(27-14-15)21(26-17(3)24)9-5-7-16(2)18-10-11-19-20(25)8-6-12-23(18,19)4/h13-14,16,18-21,25H,5-12H2,1-4H3/t16?,18-,19+,20+,21?,23-/m1/s1. The molecule has 4 heteroatoms. The Bertz CT molecular complexity index is 639. The Morgan fingerprint density at radius 1 is 1.37 bits per heavy atom. The van der Waals surface area contributed by atoms with E-state index in [2.05, 4.69) is 32.2 Å². The first-order valence-electron chi connectivity index (χ1n) is 10.7. The van der Waals surface area contributed by atoms with Gasteiger partial charge in [-0.15, -0.1) is 11.3 Å². The molecule has 1 aromatic rings. The van der Waals surface area contributed by atoms with Crippen LogP contribution in [0.5, 0.6) is 0 Å². The van der Waals surface area contributed by atoms with E-state index in [1.165, 1.54) is 49.5 Å². The highest BCUT2D eigenvalue weighted by Gasteiger charge is 2.51. The van der Waals surface area contributed by atoms with Crippen molar-refractivity contribution >= 4 is 17.3 Å². The Morgan fingerprint density at radius 3 is 2.81 bits per heavy atom. The molecule has 0 radical (unpaired) electrons. The highest BCUT2D eigenvalue weighted by atomic mass is 32.1. The molecule has 2 aliphatic rings. The van der Waals surface area contributed by atoms with E-state index in [-0.39, 0.29) is 18.2 Å². The third-order valence-corrected chi connectivity index (χ3v) is 8.49. The zero-order valence-electron chi connectivity index (χ0n) is 17.4. The number of carbonyl (C=O) groups is 1. The first-order valence-corrected chi connectivity index (χ1v) is 11.6. The predicted octanol–water partition coefficient (Wildman–Crippen LogP) is 6.04. The monoisotopic (exact) mass is 392 g/mol. The van der Waals surface area contributed by atoms with Crippen LogP contribution >= 0.6 is 11.3 Å². The van der Waals surface area contributed by atoms with Gasteiger partial charge in [-0.3, -0.25) is 4.79 Å². The van der Waals surface area contributed by atoms with Crippen LogP contribution in [0.4, 0.5) is 0 Å². The highest BCUT2D eigenvalue weighted by molar-refractivity contribution is 7.10. The number of aliphatic hydroxyl groups is 1. The Kier molecular flexibility index (Phi) is 6.68. The molecule has 0 aromatic carbocycles. The lowest BCUT2D eigenvalue weighted by Gasteiger charge is -2.45. The fourth-order valence-corrected chi connectivity index (χ4v) is 6.99. The molecule has 1 aromatic heterocycles. The van der Waals surface area contributed by atoms with E-state index in [4.69, 9.17) is 4.74 Å². The molecule has 0 bridgehead atoms. The summed E-state index contributed by atoms with van der Waals surface area (Å²) in [5.41, 5.74) is 1.55. The van der Waals surface area contributed by atoms with Crippen molar-refractivity contribution < 1.29 is 14.6 Å². The maximum absolute atomic E-state index is 11.5. The summed E-state index contributed by atoms with van der Waals surface area (Å²) >= 11 is 1.69. The Morgan fingerprint density at radius 2 is 2.15 bits per heavy atom. The van der Waals surface area contributed by atoms with Crippen molar-refractivity contribution in [2.75, 3.05) is 0 Å². The number of aliphatic hydroxyl groups excluding tert-OH is 1. The summed E-state index contributed by atoms with van der Waals surface area (Å²) in [7, 11) is 0. The van der Waals surface area contributed by atoms with Crippen LogP contribution in [0.2, 0.25) is 0 Å². The fraction of sp³-hybridized carbons (Fsp3) is 0.783. The van der Waals surface area contributed by atoms with Crippen LogP contribution in [0, 0.1) is 30.1 Å². The van der Waals surface area contributed by atoms with Crippen molar-refractivity contribution in [1.82, 2.24) is 0 Å². The third kappa shape index (κ3) is 4.59. The van der Waals surface area contributed by atoms with Gasteiger partial charge in [-0.1, -0.05) is 26.7 Å². The van der Waals surface area contributed by atoms with E-state index in [9.17, 15) is 9.90 Å². The van der Waals surface area contributed by atoms with Gasteiger partial charge < -0.3 is 9.84 Å². The second-order valence-electron chi connectivity index (χ2n) is 9.29. The molecule has 0 amide bonds. The van der Waals surface area contributed by atoms with Gasteiger partial charge in [0.05, 0.1) is 6.10 Å². The molecule has 2 aliphatic carbocycles. The lowest BCUT2D eigenvalue weighted by Crippen LogP contribution is -2.41. The molecular formula is C23H36O3S. The quantitative estimate of drug-likeness (QED) is 0.575. The second-order valence-corrected chi connectivity index (χ2v) is 10.2. The van der Waals surface area contributed by atoms with Crippen molar-refractivity contribution in [1.29, 1.82) is 0 Å². The minimum Gasteiger partial charge on any atom is -0.457 e. The third-order valence-electron chi connectivity index (χ3n) is 7.35. The molecule has 1 N–H and O–H groups in total. The SMILES string of the molecule is CC(=O)OC(CCCC(C)[C@H]1CC[C@H]2[C@@H](O)CCC[C@]12C)c1cc(C)cs1. The molecule has 152 valence electrons. The summed E-state index contributed by atoms with van der Waals surface area (Å²) in [6, 6.07) is 2.15. The van der Waals surface area contributed by atoms with Gasteiger partial charge in [-0.05, 0) is 85.6 Å². The van der Waals surface area contributed by atoms with Crippen molar-refractivity contribution in [2.45, 2.75) is 91.3 Å². The van der Waals surface area contributed by atoms with Crippen LogP contribution in [0.1, 0.15) is 88.7 Å². The summed E-state index contributed by atoms with van der Waals surface area (Å²) in [5.74, 6) is 1.69.